The Morgan fingerprint density at radius 3 is 2.48 bits per heavy atom. The molecule has 25 heavy (non-hydrogen) atoms. The predicted octanol–water partition coefficient (Wildman–Crippen LogP) is 1.46. The van der Waals surface area contributed by atoms with Crippen LogP contribution >= 0.6 is 0 Å². The van der Waals surface area contributed by atoms with Crippen molar-refractivity contribution in [1.82, 2.24) is 14.4 Å². The molecule has 0 bridgehead atoms. The number of fused-ring (bicyclic) bond motifs is 1. The summed E-state index contributed by atoms with van der Waals surface area (Å²) in [5.41, 5.74) is 1.86. The van der Waals surface area contributed by atoms with Crippen molar-refractivity contribution in [2.75, 3.05) is 44.7 Å². The van der Waals surface area contributed by atoms with Crippen molar-refractivity contribution in [3.63, 3.8) is 0 Å². The summed E-state index contributed by atoms with van der Waals surface area (Å²) >= 11 is 0. The SMILES string of the molecule is CCn1ccc2cc(C(=O)N3CCN(CCS(C)(=O)=O)CC3)ccc21. The summed E-state index contributed by atoms with van der Waals surface area (Å²) < 4.78 is 24.7. The van der Waals surface area contributed by atoms with Crippen molar-refractivity contribution in [3.05, 3.63) is 36.0 Å². The van der Waals surface area contributed by atoms with Gasteiger partial charge in [-0.15, -0.1) is 0 Å². The number of carbonyl (C=O) groups is 1. The zero-order valence-electron chi connectivity index (χ0n) is 14.8. The molecule has 0 aliphatic carbocycles. The average Bonchev–Trinajstić information content (AvgIpc) is 3.01. The number of nitrogens with zero attached hydrogens (tertiary/aromatic N) is 3. The van der Waals surface area contributed by atoms with Crippen LogP contribution in [0.3, 0.4) is 0 Å². The van der Waals surface area contributed by atoms with Crippen LogP contribution in [-0.4, -0.2) is 73.4 Å². The van der Waals surface area contributed by atoms with E-state index in [1.807, 2.05) is 35.4 Å². The highest BCUT2D eigenvalue weighted by Crippen LogP contribution is 2.19. The van der Waals surface area contributed by atoms with Crippen molar-refractivity contribution in [1.29, 1.82) is 0 Å². The fraction of sp³-hybridized carbons (Fsp3) is 0.500. The summed E-state index contributed by atoms with van der Waals surface area (Å²) in [7, 11) is -2.94. The molecular formula is C18H25N3O3S. The summed E-state index contributed by atoms with van der Waals surface area (Å²) in [4.78, 5) is 16.7. The lowest BCUT2D eigenvalue weighted by Gasteiger charge is -2.34. The zero-order valence-corrected chi connectivity index (χ0v) is 15.6. The molecular weight excluding hydrogens is 338 g/mol. The second kappa shape index (κ2) is 7.17. The Kier molecular flexibility index (Phi) is 5.15. The quantitative estimate of drug-likeness (QED) is 0.807. The third-order valence-corrected chi connectivity index (χ3v) is 5.72. The highest BCUT2D eigenvalue weighted by molar-refractivity contribution is 7.90. The van der Waals surface area contributed by atoms with E-state index in [0.29, 0.717) is 25.2 Å². The van der Waals surface area contributed by atoms with Crippen LogP contribution in [0.2, 0.25) is 0 Å². The van der Waals surface area contributed by atoms with Crippen molar-refractivity contribution < 1.29 is 13.2 Å². The Bertz CT molecular complexity index is 865. The lowest BCUT2D eigenvalue weighted by atomic mass is 10.1. The van der Waals surface area contributed by atoms with Crippen molar-refractivity contribution in [2.24, 2.45) is 0 Å². The van der Waals surface area contributed by atoms with E-state index in [9.17, 15) is 13.2 Å². The highest BCUT2D eigenvalue weighted by atomic mass is 32.2. The van der Waals surface area contributed by atoms with Gasteiger partial charge in [0, 0.05) is 68.2 Å². The molecule has 2 aromatic rings. The lowest BCUT2D eigenvalue weighted by molar-refractivity contribution is 0.0644. The number of hydrogen-bond donors (Lipinski definition) is 0. The molecule has 1 aromatic heterocycles. The molecule has 136 valence electrons. The fourth-order valence-corrected chi connectivity index (χ4v) is 3.85. The molecule has 6 nitrogen and oxygen atoms in total. The topological polar surface area (TPSA) is 62.6 Å². The standard InChI is InChI=1S/C18H25N3O3S/c1-3-20-7-6-15-14-16(4-5-17(15)20)18(22)21-10-8-19(9-11-21)12-13-25(2,23)24/h4-7,14H,3,8-13H2,1-2H3. The molecule has 0 spiro atoms. The van der Waals surface area contributed by atoms with Crippen molar-refractivity contribution in [3.8, 4) is 0 Å². The minimum Gasteiger partial charge on any atom is -0.348 e. The number of amides is 1. The maximum Gasteiger partial charge on any atom is 0.253 e. The van der Waals surface area contributed by atoms with Gasteiger partial charge in [0.15, 0.2) is 0 Å². The number of aromatic nitrogens is 1. The average molecular weight is 363 g/mol. The summed E-state index contributed by atoms with van der Waals surface area (Å²) in [6.07, 6.45) is 3.30. The Morgan fingerprint density at radius 1 is 1.12 bits per heavy atom. The Labute approximate surface area is 148 Å². The number of carbonyl (C=O) groups excluding carboxylic acids is 1. The first kappa shape index (κ1) is 17.9. The van der Waals surface area contributed by atoms with E-state index in [2.05, 4.69) is 16.4 Å². The minimum absolute atomic E-state index is 0.0499. The molecule has 0 radical (unpaired) electrons. The normalized spacial score (nSPS) is 16.5. The van der Waals surface area contributed by atoms with Crippen LogP contribution in [0.15, 0.2) is 30.5 Å². The Balaban J connectivity index is 1.62. The number of hydrogen-bond acceptors (Lipinski definition) is 4. The van der Waals surface area contributed by atoms with Crippen LogP contribution in [-0.2, 0) is 16.4 Å². The van der Waals surface area contributed by atoms with E-state index in [0.717, 1.165) is 30.5 Å². The van der Waals surface area contributed by atoms with Gasteiger partial charge in [0.1, 0.15) is 9.84 Å². The van der Waals surface area contributed by atoms with Gasteiger partial charge in [-0.1, -0.05) is 0 Å². The first-order valence-corrected chi connectivity index (χ1v) is 10.7. The Morgan fingerprint density at radius 2 is 1.84 bits per heavy atom. The van der Waals surface area contributed by atoms with Crippen LogP contribution < -0.4 is 0 Å². The van der Waals surface area contributed by atoms with Gasteiger partial charge in [-0.3, -0.25) is 9.69 Å². The van der Waals surface area contributed by atoms with Gasteiger partial charge >= 0.3 is 0 Å². The largest absolute Gasteiger partial charge is 0.348 e. The molecule has 1 aliphatic heterocycles. The van der Waals surface area contributed by atoms with E-state index in [1.165, 1.54) is 6.26 Å². The molecule has 1 saturated heterocycles. The first-order valence-electron chi connectivity index (χ1n) is 8.65. The van der Waals surface area contributed by atoms with Gasteiger partial charge in [-0.05, 0) is 31.2 Å². The van der Waals surface area contributed by atoms with Gasteiger partial charge in [0.2, 0.25) is 0 Å². The number of sulfone groups is 1. The monoisotopic (exact) mass is 363 g/mol. The minimum atomic E-state index is -2.94. The van der Waals surface area contributed by atoms with Gasteiger partial charge < -0.3 is 9.47 Å². The van der Waals surface area contributed by atoms with E-state index in [1.54, 1.807) is 0 Å². The number of benzene rings is 1. The molecule has 1 aromatic carbocycles. The molecule has 1 aliphatic rings. The van der Waals surface area contributed by atoms with Gasteiger partial charge in [0.25, 0.3) is 5.91 Å². The molecule has 1 amide bonds. The van der Waals surface area contributed by atoms with Gasteiger partial charge in [-0.2, -0.15) is 0 Å². The Hall–Kier alpha value is -1.86. The van der Waals surface area contributed by atoms with Crippen molar-refractivity contribution >= 4 is 26.6 Å². The number of piperazine rings is 1. The van der Waals surface area contributed by atoms with E-state index < -0.39 is 9.84 Å². The summed E-state index contributed by atoms with van der Waals surface area (Å²) in [6.45, 7) is 6.25. The van der Waals surface area contributed by atoms with E-state index in [4.69, 9.17) is 0 Å². The van der Waals surface area contributed by atoms with Crippen LogP contribution in [0.5, 0.6) is 0 Å². The zero-order chi connectivity index (χ0) is 18.0. The third-order valence-electron chi connectivity index (χ3n) is 4.80. The molecule has 1 fully saturated rings. The summed E-state index contributed by atoms with van der Waals surface area (Å²) in [5.74, 6) is 0.223. The van der Waals surface area contributed by atoms with Crippen LogP contribution in [0.1, 0.15) is 17.3 Å². The molecule has 0 unspecified atom stereocenters. The lowest BCUT2D eigenvalue weighted by Crippen LogP contribution is -2.49. The molecule has 3 rings (SSSR count). The van der Waals surface area contributed by atoms with E-state index in [-0.39, 0.29) is 11.7 Å². The van der Waals surface area contributed by atoms with Crippen LogP contribution in [0.25, 0.3) is 10.9 Å². The van der Waals surface area contributed by atoms with Gasteiger partial charge in [0.05, 0.1) is 5.75 Å². The van der Waals surface area contributed by atoms with Crippen LogP contribution in [0.4, 0.5) is 0 Å². The third kappa shape index (κ3) is 4.22. The highest BCUT2D eigenvalue weighted by Gasteiger charge is 2.22. The summed E-state index contributed by atoms with van der Waals surface area (Å²) in [6, 6.07) is 7.90. The number of rotatable bonds is 5. The maximum absolute atomic E-state index is 12.7. The maximum atomic E-state index is 12.7. The molecule has 0 N–H and O–H groups in total. The smallest absolute Gasteiger partial charge is 0.253 e. The van der Waals surface area contributed by atoms with Crippen LogP contribution in [0, 0.1) is 0 Å². The second-order valence-corrected chi connectivity index (χ2v) is 8.90. The molecule has 0 saturated carbocycles. The van der Waals surface area contributed by atoms with Crippen molar-refractivity contribution in [2.45, 2.75) is 13.5 Å². The molecule has 2 heterocycles. The number of aryl methyl sites for hydroxylation is 1. The summed E-state index contributed by atoms with van der Waals surface area (Å²) in [5, 5.41) is 1.08. The second-order valence-electron chi connectivity index (χ2n) is 6.64. The van der Waals surface area contributed by atoms with Gasteiger partial charge in [-0.25, -0.2) is 8.42 Å². The predicted molar refractivity (Wildman–Crippen MR) is 99.7 cm³/mol. The molecule has 0 atom stereocenters. The van der Waals surface area contributed by atoms with E-state index >= 15 is 0 Å². The fourth-order valence-electron chi connectivity index (χ4n) is 3.26. The first-order chi connectivity index (χ1) is 11.9. The molecule has 7 heteroatoms.